The lowest BCUT2D eigenvalue weighted by molar-refractivity contribution is -0.146. The van der Waals surface area contributed by atoms with Gasteiger partial charge in [-0.1, -0.05) is 0 Å². The van der Waals surface area contributed by atoms with Gasteiger partial charge in [0.2, 0.25) is 5.91 Å². The molecule has 5 nitrogen and oxygen atoms in total. The lowest BCUT2D eigenvalue weighted by Gasteiger charge is -2.21. The molecule has 0 radical (unpaired) electrons. The van der Waals surface area contributed by atoms with Crippen molar-refractivity contribution in [2.75, 3.05) is 25.5 Å². The van der Waals surface area contributed by atoms with Crippen molar-refractivity contribution in [2.24, 2.45) is 0 Å². The molecule has 126 valence electrons. The monoisotopic (exact) mass is 330 g/mol. The van der Waals surface area contributed by atoms with E-state index in [0.29, 0.717) is 13.0 Å². The molecule has 0 saturated carbocycles. The number of amides is 1. The average Bonchev–Trinajstić information content (AvgIpc) is 2.94. The second-order valence-electron chi connectivity index (χ2n) is 5.27. The summed E-state index contributed by atoms with van der Waals surface area (Å²) in [5.74, 6) is -0.773. The summed E-state index contributed by atoms with van der Waals surface area (Å²) in [7, 11) is 1.29. The van der Waals surface area contributed by atoms with Crippen molar-refractivity contribution in [3.05, 3.63) is 29.8 Å². The van der Waals surface area contributed by atoms with E-state index in [1.54, 1.807) is 4.90 Å². The Hall–Kier alpha value is -2.09. The lowest BCUT2D eigenvalue weighted by atomic mass is 10.2. The van der Waals surface area contributed by atoms with Crippen LogP contribution < -0.4 is 5.32 Å². The number of rotatable bonds is 4. The molecule has 1 heterocycles. The van der Waals surface area contributed by atoms with E-state index in [1.807, 2.05) is 0 Å². The topological polar surface area (TPSA) is 58.6 Å². The van der Waals surface area contributed by atoms with Gasteiger partial charge < -0.3 is 10.1 Å². The summed E-state index contributed by atoms with van der Waals surface area (Å²) in [5.41, 5.74) is -0.502. The number of alkyl halides is 3. The number of hydrogen-bond acceptors (Lipinski definition) is 4. The zero-order valence-corrected chi connectivity index (χ0v) is 12.5. The molecule has 1 aliphatic heterocycles. The molecule has 0 aromatic heterocycles. The molecule has 1 fully saturated rings. The number of esters is 1. The molecule has 1 aromatic carbocycles. The number of benzene rings is 1. The van der Waals surface area contributed by atoms with Crippen LogP contribution in [-0.2, 0) is 20.5 Å². The van der Waals surface area contributed by atoms with Crippen LogP contribution in [0.1, 0.15) is 18.4 Å². The van der Waals surface area contributed by atoms with E-state index in [9.17, 15) is 22.8 Å². The molecular formula is C15H17F3N2O3. The summed E-state index contributed by atoms with van der Waals surface area (Å²) in [6.07, 6.45) is -3.00. The summed E-state index contributed by atoms with van der Waals surface area (Å²) >= 11 is 0. The van der Waals surface area contributed by atoms with E-state index >= 15 is 0 Å². The van der Waals surface area contributed by atoms with Gasteiger partial charge in [0.1, 0.15) is 6.04 Å². The minimum Gasteiger partial charge on any atom is -0.468 e. The highest BCUT2D eigenvalue weighted by atomic mass is 19.4. The van der Waals surface area contributed by atoms with Gasteiger partial charge in [0.05, 0.1) is 19.2 Å². The Balaban J connectivity index is 1.93. The fourth-order valence-corrected chi connectivity index (χ4v) is 2.55. The van der Waals surface area contributed by atoms with Gasteiger partial charge in [-0.05, 0) is 43.7 Å². The molecule has 8 heteroatoms. The summed E-state index contributed by atoms with van der Waals surface area (Å²) in [6.45, 7) is 0.584. The molecule has 2 rings (SSSR count). The van der Waals surface area contributed by atoms with Crippen molar-refractivity contribution in [3.8, 4) is 0 Å². The fourth-order valence-electron chi connectivity index (χ4n) is 2.55. The van der Waals surface area contributed by atoms with E-state index in [2.05, 4.69) is 5.32 Å². The Morgan fingerprint density at radius 1 is 1.30 bits per heavy atom. The molecule has 1 unspecified atom stereocenters. The first kappa shape index (κ1) is 17.3. The van der Waals surface area contributed by atoms with Gasteiger partial charge in [-0.2, -0.15) is 13.2 Å². The standard InChI is InChI=1S/C15H17F3N2O3/c1-23-14(22)12-3-2-8-20(12)9-13(21)19-11-6-4-10(5-7-11)15(16,17)18/h4-7,12H,2-3,8-9H2,1H3,(H,19,21). The summed E-state index contributed by atoms with van der Waals surface area (Å²) in [6, 6.07) is 3.76. The van der Waals surface area contributed by atoms with E-state index in [-0.39, 0.29) is 24.1 Å². The normalized spacial score (nSPS) is 18.7. The van der Waals surface area contributed by atoms with Crippen LogP contribution in [0.15, 0.2) is 24.3 Å². The van der Waals surface area contributed by atoms with Gasteiger partial charge in [-0.3, -0.25) is 14.5 Å². The SMILES string of the molecule is COC(=O)C1CCCN1CC(=O)Nc1ccc(C(F)(F)F)cc1. The van der Waals surface area contributed by atoms with Crippen LogP contribution in [0, 0.1) is 0 Å². The number of anilines is 1. The lowest BCUT2D eigenvalue weighted by Crippen LogP contribution is -2.41. The first-order valence-corrected chi connectivity index (χ1v) is 7.10. The summed E-state index contributed by atoms with van der Waals surface area (Å²) in [4.78, 5) is 25.3. The predicted octanol–water partition coefficient (Wildman–Crippen LogP) is 2.28. The number of carbonyl (C=O) groups is 2. The van der Waals surface area contributed by atoms with Crippen LogP contribution in [-0.4, -0.2) is 43.0 Å². The van der Waals surface area contributed by atoms with E-state index < -0.39 is 17.8 Å². The third-order valence-electron chi connectivity index (χ3n) is 3.68. The van der Waals surface area contributed by atoms with E-state index in [0.717, 1.165) is 18.6 Å². The first-order chi connectivity index (χ1) is 10.8. The highest BCUT2D eigenvalue weighted by Gasteiger charge is 2.33. The number of methoxy groups -OCH3 is 1. The number of ether oxygens (including phenoxy) is 1. The first-order valence-electron chi connectivity index (χ1n) is 7.10. The molecule has 1 saturated heterocycles. The van der Waals surface area contributed by atoms with Gasteiger partial charge >= 0.3 is 12.1 Å². The number of nitrogens with one attached hydrogen (secondary N) is 1. The van der Waals surface area contributed by atoms with Crippen LogP contribution in [0.2, 0.25) is 0 Å². The number of carbonyl (C=O) groups excluding carboxylic acids is 2. The highest BCUT2D eigenvalue weighted by molar-refractivity contribution is 5.92. The third kappa shape index (κ3) is 4.44. The fraction of sp³-hybridized carbons (Fsp3) is 0.467. The molecule has 1 aromatic rings. The molecule has 0 bridgehead atoms. The number of nitrogens with zero attached hydrogens (tertiary/aromatic N) is 1. The van der Waals surface area contributed by atoms with Gasteiger partial charge in [-0.15, -0.1) is 0 Å². The van der Waals surface area contributed by atoms with Gasteiger partial charge in [0.25, 0.3) is 0 Å². The Kier molecular flexibility index (Phi) is 5.25. The van der Waals surface area contributed by atoms with E-state index in [1.165, 1.54) is 19.2 Å². The maximum absolute atomic E-state index is 12.5. The molecule has 0 spiro atoms. The van der Waals surface area contributed by atoms with Gasteiger partial charge in [-0.25, -0.2) is 0 Å². The van der Waals surface area contributed by atoms with Crippen LogP contribution in [0.3, 0.4) is 0 Å². The smallest absolute Gasteiger partial charge is 0.416 e. The van der Waals surface area contributed by atoms with Gasteiger partial charge in [0.15, 0.2) is 0 Å². The maximum Gasteiger partial charge on any atom is 0.416 e. The highest BCUT2D eigenvalue weighted by Crippen LogP contribution is 2.29. The van der Waals surface area contributed by atoms with Crippen molar-refractivity contribution < 1.29 is 27.5 Å². The maximum atomic E-state index is 12.5. The molecule has 1 amide bonds. The van der Waals surface area contributed by atoms with Crippen molar-refractivity contribution in [1.29, 1.82) is 0 Å². The van der Waals surface area contributed by atoms with Crippen LogP contribution in [0.25, 0.3) is 0 Å². The number of hydrogen-bond donors (Lipinski definition) is 1. The summed E-state index contributed by atoms with van der Waals surface area (Å²) < 4.78 is 42.1. The zero-order chi connectivity index (χ0) is 17.0. The number of likely N-dealkylation sites (tertiary alicyclic amines) is 1. The van der Waals surface area contributed by atoms with E-state index in [4.69, 9.17) is 4.74 Å². The van der Waals surface area contributed by atoms with Crippen LogP contribution >= 0.6 is 0 Å². The van der Waals surface area contributed by atoms with Crippen molar-refractivity contribution in [2.45, 2.75) is 25.1 Å². The molecule has 1 N–H and O–H groups in total. The van der Waals surface area contributed by atoms with Crippen molar-refractivity contribution in [1.82, 2.24) is 4.90 Å². The predicted molar refractivity (Wildman–Crippen MR) is 76.7 cm³/mol. The third-order valence-corrected chi connectivity index (χ3v) is 3.68. The molecule has 1 atom stereocenters. The number of halogens is 3. The van der Waals surface area contributed by atoms with Crippen LogP contribution in [0.5, 0.6) is 0 Å². The van der Waals surface area contributed by atoms with Crippen LogP contribution in [0.4, 0.5) is 18.9 Å². The Morgan fingerprint density at radius 2 is 1.96 bits per heavy atom. The minimum atomic E-state index is -4.41. The quantitative estimate of drug-likeness (QED) is 0.861. The second-order valence-corrected chi connectivity index (χ2v) is 5.27. The van der Waals surface area contributed by atoms with Crippen molar-refractivity contribution in [3.63, 3.8) is 0 Å². The zero-order valence-electron chi connectivity index (χ0n) is 12.5. The Morgan fingerprint density at radius 3 is 2.52 bits per heavy atom. The second kappa shape index (κ2) is 6.99. The Labute approximate surface area is 131 Å². The minimum absolute atomic E-state index is 0.0131. The largest absolute Gasteiger partial charge is 0.468 e. The summed E-state index contributed by atoms with van der Waals surface area (Å²) in [5, 5.41) is 2.52. The molecule has 1 aliphatic rings. The van der Waals surface area contributed by atoms with Crippen molar-refractivity contribution >= 4 is 17.6 Å². The molecule has 0 aliphatic carbocycles. The van der Waals surface area contributed by atoms with Gasteiger partial charge in [0, 0.05) is 5.69 Å². The molecule has 23 heavy (non-hydrogen) atoms. The Bertz CT molecular complexity index is 572. The average molecular weight is 330 g/mol. The molecular weight excluding hydrogens is 313 g/mol.